The summed E-state index contributed by atoms with van der Waals surface area (Å²) < 4.78 is 81.5. The van der Waals surface area contributed by atoms with Crippen LogP contribution in [0.2, 0.25) is 5.15 Å². The summed E-state index contributed by atoms with van der Waals surface area (Å²) >= 11 is 6.36. The third-order valence-corrected chi connectivity index (χ3v) is 6.52. The molecule has 0 saturated carbocycles. The number of aromatic nitrogens is 3. The van der Waals surface area contributed by atoms with E-state index in [2.05, 4.69) is 15.0 Å². The third kappa shape index (κ3) is 5.27. The summed E-state index contributed by atoms with van der Waals surface area (Å²) in [5.74, 6) is -2.44. The Bertz CT molecular complexity index is 1730. The smallest absolute Gasteiger partial charge is 0.418 e. The van der Waals surface area contributed by atoms with Gasteiger partial charge in [0.05, 0.1) is 27.7 Å². The maximum atomic E-state index is 14.2. The number of fused-ring (bicyclic) bond motifs is 1. The number of ether oxygens (including phenoxy) is 2. The molecule has 2 aromatic carbocycles. The molecule has 11 heteroatoms. The van der Waals surface area contributed by atoms with E-state index in [9.17, 15) is 22.0 Å². The van der Waals surface area contributed by atoms with Gasteiger partial charge in [-0.25, -0.2) is 23.7 Å². The van der Waals surface area contributed by atoms with Crippen molar-refractivity contribution in [1.29, 1.82) is 0 Å². The number of nitrogens with zero attached hydrogens (tertiary/aromatic N) is 3. The van der Waals surface area contributed by atoms with Gasteiger partial charge in [0.1, 0.15) is 23.3 Å². The first-order valence-electron chi connectivity index (χ1n) is 11.9. The second kappa shape index (κ2) is 10.7. The van der Waals surface area contributed by atoms with Gasteiger partial charge >= 0.3 is 6.18 Å². The van der Waals surface area contributed by atoms with E-state index in [0.717, 1.165) is 11.6 Å². The van der Waals surface area contributed by atoms with Gasteiger partial charge in [-0.05, 0) is 43.2 Å². The van der Waals surface area contributed by atoms with Crippen LogP contribution < -0.4 is 9.47 Å². The molecule has 3 aromatic heterocycles. The number of rotatable bonds is 6. The van der Waals surface area contributed by atoms with Crippen LogP contribution in [-0.2, 0) is 12.8 Å². The van der Waals surface area contributed by atoms with Gasteiger partial charge in [-0.15, -0.1) is 0 Å². The second-order valence-electron chi connectivity index (χ2n) is 8.84. The molecule has 5 nitrogen and oxygen atoms in total. The fourth-order valence-corrected chi connectivity index (χ4v) is 4.42. The molecule has 0 unspecified atom stereocenters. The third-order valence-electron chi connectivity index (χ3n) is 6.24. The minimum absolute atomic E-state index is 0.0316. The van der Waals surface area contributed by atoms with Crippen LogP contribution in [0.1, 0.15) is 22.3 Å². The zero-order valence-electron chi connectivity index (χ0n) is 21.0. The first-order valence-corrected chi connectivity index (χ1v) is 12.2. The van der Waals surface area contributed by atoms with Crippen LogP contribution in [0.5, 0.6) is 17.4 Å². The van der Waals surface area contributed by atoms with Crippen LogP contribution in [0.3, 0.4) is 0 Å². The number of benzene rings is 2. The Morgan fingerprint density at radius 1 is 0.900 bits per heavy atom. The Morgan fingerprint density at radius 3 is 2.38 bits per heavy atom. The van der Waals surface area contributed by atoms with Crippen molar-refractivity contribution in [3.05, 3.63) is 106 Å². The van der Waals surface area contributed by atoms with E-state index in [-0.39, 0.29) is 51.5 Å². The summed E-state index contributed by atoms with van der Waals surface area (Å²) in [4.78, 5) is 12.5. The van der Waals surface area contributed by atoms with E-state index in [1.54, 1.807) is 0 Å². The molecule has 5 aromatic rings. The lowest BCUT2D eigenvalue weighted by Gasteiger charge is -2.19. The topological polar surface area (TPSA) is 57.1 Å². The number of alkyl halides is 3. The zero-order chi connectivity index (χ0) is 28.6. The highest BCUT2D eigenvalue weighted by Crippen LogP contribution is 2.43. The van der Waals surface area contributed by atoms with Crippen molar-refractivity contribution in [2.24, 2.45) is 0 Å². The molecule has 0 N–H and O–H groups in total. The molecule has 3 heterocycles. The molecule has 0 radical (unpaired) electrons. The fraction of sp³-hybridized carbons (Fsp3) is 0.138. The Kier molecular flexibility index (Phi) is 7.29. The van der Waals surface area contributed by atoms with Crippen LogP contribution in [-0.4, -0.2) is 15.0 Å². The highest BCUT2D eigenvalue weighted by Gasteiger charge is 2.35. The second-order valence-corrected chi connectivity index (χ2v) is 9.20. The molecule has 0 amide bonds. The molecular formula is C29H19ClF5N3O2. The predicted molar refractivity (Wildman–Crippen MR) is 139 cm³/mol. The molecule has 0 atom stereocenters. The van der Waals surface area contributed by atoms with Gasteiger partial charge in [-0.2, -0.15) is 13.2 Å². The minimum Gasteiger partial charge on any atom is -0.488 e. The van der Waals surface area contributed by atoms with Crippen molar-refractivity contribution in [2.45, 2.75) is 26.6 Å². The summed E-state index contributed by atoms with van der Waals surface area (Å²) in [5, 5.41) is 0.452. The largest absolute Gasteiger partial charge is 0.488 e. The zero-order valence-corrected chi connectivity index (χ0v) is 21.7. The van der Waals surface area contributed by atoms with Crippen molar-refractivity contribution >= 4 is 22.5 Å². The number of hydrogen-bond acceptors (Lipinski definition) is 5. The fourth-order valence-electron chi connectivity index (χ4n) is 4.18. The number of pyridine rings is 3. The van der Waals surface area contributed by atoms with E-state index < -0.39 is 23.4 Å². The molecule has 0 bridgehead atoms. The standard InChI is InChI=1S/C29H19ClF5N3O2/c1-15-18(29(33,34)35)13-37-28(40-22-9-8-19(31)26(32)16(22)2)24(15)21-12-23(39-14-17-6-4-3-5-7-17)25-20(38-21)10-11-36-27(25)30/h3-13H,14H2,1-2H3. The summed E-state index contributed by atoms with van der Waals surface area (Å²) in [6, 6.07) is 14.2. The first-order chi connectivity index (χ1) is 19.0. The number of halogens is 6. The summed E-state index contributed by atoms with van der Waals surface area (Å²) in [6.07, 6.45) is -2.71. The van der Waals surface area contributed by atoms with E-state index in [1.807, 2.05) is 30.3 Å². The molecule has 40 heavy (non-hydrogen) atoms. The maximum absolute atomic E-state index is 14.2. The van der Waals surface area contributed by atoms with E-state index in [1.165, 1.54) is 38.2 Å². The van der Waals surface area contributed by atoms with Crippen LogP contribution >= 0.6 is 11.6 Å². The average molecular weight is 572 g/mol. The van der Waals surface area contributed by atoms with Gasteiger partial charge < -0.3 is 9.47 Å². The molecule has 0 spiro atoms. The molecule has 0 aliphatic rings. The van der Waals surface area contributed by atoms with Crippen LogP contribution in [0, 0.1) is 25.5 Å². The Hall–Kier alpha value is -4.31. The van der Waals surface area contributed by atoms with Gasteiger partial charge in [0, 0.05) is 24.0 Å². The summed E-state index contributed by atoms with van der Waals surface area (Å²) in [7, 11) is 0. The lowest BCUT2D eigenvalue weighted by atomic mass is 10.0. The normalized spacial score (nSPS) is 11.6. The Labute approximate surface area is 230 Å². The number of hydrogen-bond donors (Lipinski definition) is 0. The molecule has 204 valence electrons. The van der Waals surface area contributed by atoms with Crippen molar-refractivity contribution in [1.82, 2.24) is 15.0 Å². The SMILES string of the molecule is Cc1c(Oc2ncc(C(F)(F)F)c(C)c2-c2cc(OCc3ccccc3)c3c(Cl)nccc3n2)ccc(F)c1F. The summed E-state index contributed by atoms with van der Waals surface area (Å²) in [6.45, 7) is 2.66. The lowest BCUT2D eigenvalue weighted by Crippen LogP contribution is -2.11. The molecule has 0 saturated heterocycles. The van der Waals surface area contributed by atoms with Crippen molar-refractivity contribution in [2.75, 3.05) is 0 Å². The lowest BCUT2D eigenvalue weighted by molar-refractivity contribution is -0.138. The van der Waals surface area contributed by atoms with Crippen LogP contribution in [0.15, 0.2) is 67.0 Å². The van der Waals surface area contributed by atoms with Crippen molar-refractivity contribution in [3.8, 4) is 28.6 Å². The van der Waals surface area contributed by atoms with Crippen LogP contribution in [0.4, 0.5) is 22.0 Å². The monoisotopic (exact) mass is 571 g/mol. The quantitative estimate of drug-likeness (QED) is 0.151. The van der Waals surface area contributed by atoms with Crippen LogP contribution in [0.25, 0.3) is 22.2 Å². The van der Waals surface area contributed by atoms with Gasteiger partial charge in [0.25, 0.3) is 0 Å². The minimum atomic E-state index is -4.74. The summed E-state index contributed by atoms with van der Waals surface area (Å²) in [5.41, 5.74) is -0.378. The van der Waals surface area contributed by atoms with Gasteiger partial charge in [0.15, 0.2) is 11.6 Å². The highest BCUT2D eigenvalue weighted by molar-refractivity contribution is 6.34. The molecular weight excluding hydrogens is 553 g/mol. The van der Waals surface area contributed by atoms with Crippen molar-refractivity contribution < 1.29 is 31.4 Å². The van der Waals surface area contributed by atoms with Crippen molar-refractivity contribution in [3.63, 3.8) is 0 Å². The van der Waals surface area contributed by atoms with E-state index >= 15 is 0 Å². The molecule has 0 fully saturated rings. The average Bonchev–Trinajstić information content (AvgIpc) is 2.92. The molecule has 0 aliphatic carbocycles. The van der Waals surface area contributed by atoms with Gasteiger partial charge in [-0.3, -0.25) is 0 Å². The molecule has 5 rings (SSSR count). The predicted octanol–water partition coefficient (Wildman–Crippen LogP) is 8.63. The highest BCUT2D eigenvalue weighted by atomic mass is 35.5. The Morgan fingerprint density at radius 2 is 1.65 bits per heavy atom. The first kappa shape index (κ1) is 27.3. The molecule has 0 aliphatic heterocycles. The van der Waals surface area contributed by atoms with E-state index in [4.69, 9.17) is 21.1 Å². The van der Waals surface area contributed by atoms with Gasteiger partial charge in [-0.1, -0.05) is 41.9 Å². The maximum Gasteiger partial charge on any atom is 0.418 e. The van der Waals surface area contributed by atoms with Gasteiger partial charge in [0.2, 0.25) is 5.88 Å². The van der Waals surface area contributed by atoms with E-state index in [0.29, 0.717) is 17.1 Å². The Balaban J connectivity index is 1.71.